The number of carbonyl (C=O) groups excluding carboxylic acids is 1. The van der Waals surface area contributed by atoms with E-state index in [1.54, 1.807) is 48.5 Å². The van der Waals surface area contributed by atoms with Crippen LogP contribution in [0.5, 0.6) is 0 Å². The summed E-state index contributed by atoms with van der Waals surface area (Å²) in [6, 6.07) is 14.0. The molecule has 2 aliphatic rings. The molecule has 2 atom stereocenters. The van der Waals surface area contributed by atoms with Crippen LogP contribution < -0.4 is 4.90 Å². The van der Waals surface area contributed by atoms with Gasteiger partial charge in [0.05, 0.1) is 12.1 Å². The molecule has 2 N–H and O–H groups in total. The number of aliphatic hydroxyl groups excluding tert-OH is 1. The van der Waals surface area contributed by atoms with E-state index in [4.69, 9.17) is 0 Å². The summed E-state index contributed by atoms with van der Waals surface area (Å²) in [5, 5.41) is 19.9. The highest BCUT2D eigenvalue weighted by Crippen LogP contribution is 2.46. The first kappa shape index (κ1) is 17.2. The van der Waals surface area contributed by atoms with E-state index in [9.17, 15) is 24.2 Å². The van der Waals surface area contributed by atoms with E-state index >= 15 is 0 Å². The molecule has 0 saturated heterocycles. The van der Waals surface area contributed by atoms with Crippen molar-refractivity contribution in [2.24, 2.45) is 0 Å². The van der Waals surface area contributed by atoms with E-state index in [0.717, 1.165) is 0 Å². The van der Waals surface area contributed by atoms with Gasteiger partial charge in [-0.1, -0.05) is 36.4 Å². The molecule has 0 spiro atoms. The van der Waals surface area contributed by atoms with Crippen molar-refractivity contribution in [3.63, 3.8) is 0 Å². The zero-order chi connectivity index (χ0) is 19.1. The third kappa shape index (κ3) is 2.74. The first-order valence-electron chi connectivity index (χ1n) is 8.47. The number of halogens is 1. The molecular weight excluding hydrogens is 349 g/mol. The summed E-state index contributed by atoms with van der Waals surface area (Å²) < 4.78 is 14.6. The maximum Gasteiger partial charge on any atom is 0.331 e. The Morgan fingerprint density at radius 1 is 1.07 bits per heavy atom. The molecule has 0 radical (unpaired) electrons. The molecule has 1 amide bonds. The molecule has 4 rings (SSSR count). The fraction of sp³-hybridized carbons (Fsp3) is 0.143. The van der Waals surface area contributed by atoms with E-state index in [1.165, 1.54) is 17.0 Å². The van der Waals surface area contributed by atoms with Crippen LogP contribution >= 0.6 is 0 Å². The molecule has 1 heterocycles. The van der Waals surface area contributed by atoms with E-state index in [2.05, 4.69) is 0 Å². The molecule has 27 heavy (non-hydrogen) atoms. The highest BCUT2D eigenvalue weighted by atomic mass is 19.1. The number of benzene rings is 2. The molecule has 1 aliphatic heterocycles. The molecule has 0 fully saturated rings. The SMILES string of the molecule is O=C(O)C1=C[C@@H](O)C2=C(C1)C(=O)N(c1ccccc1)[C@H]2c1ccccc1F. The summed E-state index contributed by atoms with van der Waals surface area (Å²) in [5.41, 5.74) is 1.30. The van der Waals surface area contributed by atoms with Gasteiger partial charge in [0.2, 0.25) is 0 Å². The second-order valence-electron chi connectivity index (χ2n) is 6.49. The molecule has 0 bridgehead atoms. The molecule has 0 saturated carbocycles. The van der Waals surface area contributed by atoms with Crippen molar-refractivity contribution < 1.29 is 24.2 Å². The van der Waals surface area contributed by atoms with Crippen LogP contribution in [0.25, 0.3) is 0 Å². The van der Waals surface area contributed by atoms with E-state index in [1.807, 2.05) is 0 Å². The molecule has 6 heteroatoms. The van der Waals surface area contributed by atoms with Crippen molar-refractivity contribution in [1.82, 2.24) is 0 Å². The highest BCUT2D eigenvalue weighted by molar-refractivity contribution is 6.12. The third-order valence-electron chi connectivity index (χ3n) is 4.93. The van der Waals surface area contributed by atoms with Gasteiger partial charge >= 0.3 is 5.97 Å². The van der Waals surface area contributed by atoms with Crippen LogP contribution in [-0.4, -0.2) is 28.2 Å². The van der Waals surface area contributed by atoms with E-state index < -0.39 is 29.8 Å². The number of rotatable bonds is 3. The number of para-hydroxylation sites is 1. The van der Waals surface area contributed by atoms with Crippen LogP contribution in [0.15, 0.2) is 77.4 Å². The van der Waals surface area contributed by atoms with Gasteiger partial charge in [0, 0.05) is 28.8 Å². The number of aliphatic carboxylic acids is 1. The van der Waals surface area contributed by atoms with Gasteiger partial charge in [0.25, 0.3) is 5.91 Å². The number of hydrogen-bond donors (Lipinski definition) is 2. The predicted octanol–water partition coefficient (Wildman–Crippen LogP) is 2.99. The highest BCUT2D eigenvalue weighted by Gasteiger charge is 2.46. The van der Waals surface area contributed by atoms with Crippen LogP contribution in [-0.2, 0) is 9.59 Å². The normalized spacial score (nSPS) is 21.9. The number of carboxylic acids is 1. The minimum Gasteiger partial charge on any atom is -0.478 e. The number of carboxylic acid groups (broad SMARTS) is 1. The number of amides is 1. The molecule has 1 aliphatic carbocycles. The lowest BCUT2D eigenvalue weighted by Crippen LogP contribution is -2.31. The molecule has 2 aromatic carbocycles. The van der Waals surface area contributed by atoms with Crippen molar-refractivity contribution in [3.8, 4) is 0 Å². The van der Waals surface area contributed by atoms with Gasteiger partial charge in [-0.05, 0) is 29.8 Å². The smallest absolute Gasteiger partial charge is 0.331 e. The minimum atomic E-state index is -1.28. The Balaban J connectivity index is 1.89. The Morgan fingerprint density at radius 3 is 2.41 bits per heavy atom. The van der Waals surface area contributed by atoms with Crippen molar-refractivity contribution in [1.29, 1.82) is 0 Å². The van der Waals surface area contributed by atoms with Crippen LogP contribution in [0.3, 0.4) is 0 Å². The summed E-state index contributed by atoms with van der Waals surface area (Å²) in [6.45, 7) is 0. The van der Waals surface area contributed by atoms with E-state index in [0.29, 0.717) is 11.3 Å². The zero-order valence-corrected chi connectivity index (χ0v) is 14.2. The third-order valence-corrected chi connectivity index (χ3v) is 4.93. The fourth-order valence-corrected chi connectivity index (χ4v) is 3.74. The van der Waals surface area contributed by atoms with Crippen LogP contribution in [0.1, 0.15) is 18.0 Å². The number of hydrogen-bond acceptors (Lipinski definition) is 3. The van der Waals surface area contributed by atoms with E-state index in [-0.39, 0.29) is 23.1 Å². The van der Waals surface area contributed by atoms with Crippen LogP contribution in [0.4, 0.5) is 10.1 Å². The first-order valence-corrected chi connectivity index (χ1v) is 8.47. The Hall–Kier alpha value is -3.25. The molecular formula is C21H16FNO4. The fourth-order valence-electron chi connectivity index (χ4n) is 3.74. The quantitative estimate of drug-likeness (QED) is 0.877. The van der Waals surface area contributed by atoms with Crippen LogP contribution in [0.2, 0.25) is 0 Å². The Labute approximate surface area is 154 Å². The average Bonchev–Trinajstić information content (AvgIpc) is 2.96. The summed E-state index contributed by atoms with van der Waals surface area (Å²) in [5.74, 6) is -2.10. The molecule has 136 valence electrons. The summed E-state index contributed by atoms with van der Waals surface area (Å²) in [6.07, 6.45) is -0.159. The van der Waals surface area contributed by atoms with Crippen molar-refractivity contribution >= 4 is 17.6 Å². The van der Waals surface area contributed by atoms with Crippen molar-refractivity contribution in [3.05, 3.63) is 88.8 Å². The lowest BCUT2D eigenvalue weighted by atomic mass is 9.86. The van der Waals surface area contributed by atoms with Gasteiger partial charge in [-0.15, -0.1) is 0 Å². The predicted molar refractivity (Wildman–Crippen MR) is 96.4 cm³/mol. The first-order chi connectivity index (χ1) is 13.0. The lowest BCUT2D eigenvalue weighted by molar-refractivity contribution is -0.132. The van der Waals surface area contributed by atoms with Gasteiger partial charge in [0.1, 0.15) is 5.82 Å². The Morgan fingerprint density at radius 2 is 1.74 bits per heavy atom. The molecule has 0 unspecified atom stereocenters. The van der Waals surface area contributed by atoms with Crippen molar-refractivity contribution in [2.75, 3.05) is 4.90 Å². The number of aliphatic hydroxyl groups is 1. The summed E-state index contributed by atoms with van der Waals surface area (Å²) >= 11 is 0. The van der Waals surface area contributed by atoms with Gasteiger partial charge < -0.3 is 10.2 Å². The number of nitrogens with zero attached hydrogens (tertiary/aromatic N) is 1. The Kier molecular flexibility index (Phi) is 4.12. The van der Waals surface area contributed by atoms with Crippen molar-refractivity contribution in [2.45, 2.75) is 18.6 Å². The largest absolute Gasteiger partial charge is 0.478 e. The van der Waals surface area contributed by atoms with Gasteiger partial charge in [0.15, 0.2) is 0 Å². The maximum absolute atomic E-state index is 14.6. The molecule has 2 aromatic rings. The van der Waals surface area contributed by atoms with Gasteiger partial charge in [-0.3, -0.25) is 9.69 Å². The van der Waals surface area contributed by atoms with Gasteiger partial charge in [-0.25, -0.2) is 9.18 Å². The summed E-state index contributed by atoms with van der Waals surface area (Å²) in [7, 11) is 0. The topological polar surface area (TPSA) is 77.8 Å². The zero-order valence-electron chi connectivity index (χ0n) is 14.2. The van der Waals surface area contributed by atoms with Crippen LogP contribution in [0, 0.1) is 5.82 Å². The molecule has 5 nitrogen and oxygen atoms in total. The Bertz CT molecular complexity index is 996. The standard InChI is InChI=1S/C21H16FNO4/c22-16-9-5-4-8-14(16)19-18-15(10-12(21(26)27)11-17(18)24)20(25)23(19)13-6-2-1-3-7-13/h1-9,11,17,19,24H,10H2,(H,26,27)/t17-,19+/m1/s1. The summed E-state index contributed by atoms with van der Waals surface area (Å²) in [4.78, 5) is 26.0. The molecule has 0 aromatic heterocycles. The average molecular weight is 365 g/mol. The number of anilines is 1. The minimum absolute atomic E-state index is 0.0446. The van der Waals surface area contributed by atoms with Gasteiger partial charge in [-0.2, -0.15) is 0 Å². The monoisotopic (exact) mass is 365 g/mol. The lowest BCUT2D eigenvalue weighted by Gasteiger charge is -2.29. The second kappa shape index (κ2) is 6.48. The maximum atomic E-state index is 14.6. The number of carbonyl (C=O) groups is 2. The second-order valence-corrected chi connectivity index (χ2v) is 6.49.